The molecule has 0 saturated carbocycles. The molecule has 5 heterocycles. The van der Waals surface area contributed by atoms with Gasteiger partial charge in [-0.3, -0.25) is 18.9 Å². The van der Waals surface area contributed by atoms with E-state index >= 15 is 0 Å². The van der Waals surface area contributed by atoms with Crippen molar-refractivity contribution in [2.45, 2.75) is 26.3 Å². The molecule has 0 spiro atoms. The van der Waals surface area contributed by atoms with Gasteiger partial charge in [-0.15, -0.1) is 0 Å². The highest BCUT2D eigenvalue weighted by Crippen LogP contribution is 2.37. The summed E-state index contributed by atoms with van der Waals surface area (Å²) in [5.74, 6) is 2.25. The molecule has 3 aromatic rings. The zero-order valence-electron chi connectivity index (χ0n) is 19.7. The van der Waals surface area contributed by atoms with Crippen LogP contribution in [0.1, 0.15) is 30.9 Å². The van der Waals surface area contributed by atoms with Crippen LogP contribution in [0.5, 0.6) is 11.5 Å². The Kier molecular flexibility index (Phi) is 5.93. The molecule has 2 fully saturated rings. The Bertz CT molecular complexity index is 1480. The predicted molar refractivity (Wildman–Crippen MR) is 143 cm³/mol. The number of rotatable bonds is 4. The molecule has 3 aliphatic rings. The first kappa shape index (κ1) is 23.1. The van der Waals surface area contributed by atoms with Crippen LogP contribution in [0.25, 0.3) is 11.7 Å². The summed E-state index contributed by atoms with van der Waals surface area (Å²) in [4.78, 5) is 36.0. The van der Waals surface area contributed by atoms with Crippen molar-refractivity contribution in [1.82, 2.24) is 14.3 Å². The number of benzene rings is 1. The third kappa shape index (κ3) is 4.14. The zero-order chi connectivity index (χ0) is 24.8. The number of thioether (sulfide) groups is 1. The van der Waals surface area contributed by atoms with Crippen molar-refractivity contribution in [3.05, 3.63) is 69.0 Å². The summed E-state index contributed by atoms with van der Waals surface area (Å²) in [5.41, 5.74) is 1.68. The minimum absolute atomic E-state index is 0.191. The predicted octanol–water partition coefficient (Wildman–Crippen LogP) is 4.06. The lowest BCUT2D eigenvalue weighted by Gasteiger charge is -2.32. The van der Waals surface area contributed by atoms with Gasteiger partial charge >= 0.3 is 0 Å². The molecule has 2 saturated heterocycles. The number of carbonyl (C=O) groups excluding carboxylic acids is 1. The standard InChI is InChI=1S/C26H24N4O4S2/c1-16-5-4-9-28(13-16)23-18(24(31)29-10-3-2-6-22(29)27-23)12-21-25(32)30(26(35)36-21)14-17-7-8-19-20(11-17)34-15-33-19/h2-3,6-8,10-12,16H,4-5,9,13-15H2,1H3. The molecule has 10 heteroatoms. The molecule has 0 aliphatic carbocycles. The Balaban J connectivity index is 1.37. The molecule has 1 aromatic carbocycles. The van der Waals surface area contributed by atoms with Crippen molar-refractivity contribution in [2.75, 3.05) is 24.8 Å². The monoisotopic (exact) mass is 520 g/mol. The smallest absolute Gasteiger partial charge is 0.267 e. The van der Waals surface area contributed by atoms with Crippen LogP contribution in [0.2, 0.25) is 0 Å². The van der Waals surface area contributed by atoms with E-state index in [1.165, 1.54) is 16.2 Å². The van der Waals surface area contributed by atoms with Gasteiger partial charge in [0.25, 0.3) is 11.5 Å². The quantitative estimate of drug-likeness (QED) is 0.377. The molecule has 0 bridgehead atoms. The molecule has 6 rings (SSSR count). The Hall–Kier alpha value is -3.37. The summed E-state index contributed by atoms with van der Waals surface area (Å²) in [6.07, 6.45) is 5.56. The summed E-state index contributed by atoms with van der Waals surface area (Å²) in [7, 11) is 0. The highest BCUT2D eigenvalue weighted by atomic mass is 32.2. The van der Waals surface area contributed by atoms with Gasteiger partial charge in [0.2, 0.25) is 6.79 Å². The molecule has 0 N–H and O–H groups in total. The second-order valence-electron chi connectivity index (χ2n) is 9.23. The number of pyridine rings is 1. The first-order chi connectivity index (χ1) is 17.5. The third-order valence-corrected chi connectivity index (χ3v) is 8.01. The van der Waals surface area contributed by atoms with Crippen molar-refractivity contribution in [2.24, 2.45) is 5.92 Å². The second kappa shape index (κ2) is 9.25. The summed E-state index contributed by atoms with van der Waals surface area (Å²) in [6, 6.07) is 11.1. The molecule has 36 heavy (non-hydrogen) atoms. The van der Waals surface area contributed by atoms with E-state index in [1.807, 2.05) is 30.3 Å². The fourth-order valence-corrected chi connectivity index (χ4v) is 6.07. The minimum Gasteiger partial charge on any atom is -0.454 e. The van der Waals surface area contributed by atoms with E-state index in [2.05, 4.69) is 11.8 Å². The molecule has 1 atom stereocenters. The van der Waals surface area contributed by atoms with Gasteiger partial charge < -0.3 is 14.4 Å². The fraction of sp³-hybridized carbons (Fsp3) is 0.308. The van der Waals surface area contributed by atoms with Gasteiger partial charge in [-0.25, -0.2) is 4.98 Å². The van der Waals surface area contributed by atoms with Gasteiger partial charge in [0.05, 0.1) is 17.0 Å². The Morgan fingerprint density at radius 1 is 1.19 bits per heavy atom. The van der Waals surface area contributed by atoms with Crippen LogP contribution in [0.3, 0.4) is 0 Å². The van der Waals surface area contributed by atoms with E-state index in [4.69, 9.17) is 26.7 Å². The molecule has 184 valence electrons. The number of hydrogen-bond acceptors (Lipinski definition) is 8. The van der Waals surface area contributed by atoms with E-state index < -0.39 is 0 Å². The van der Waals surface area contributed by atoms with Gasteiger partial charge in [-0.2, -0.15) is 0 Å². The number of nitrogens with zero attached hydrogens (tertiary/aromatic N) is 4. The lowest BCUT2D eigenvalue weighted by molar-refractivity contribution is -0.122. The maximum absolute atomic E-state index is 13.6. The van der Waals surface area contributed by atoms with E-state index in [0.29, 0.717) is 50.2 Å². The zero-order valence-corrected chi connectivity index (χ0v) is 21.3. The number of aromatic nitrogens is 2. The number of thiocarbonyl (C=S) groups is 1. The van der Waals surface area contributed by atoms with E-state index in [-0.39, 0.29) is 18.3 Å². The first-order valence-electron chi connectivity index (χ1n) is 11.9. The van der Waals surface area contributed by atoms with Crippen LogP contribution < -0.4 is 19.9 Å². The molecule has 1 amide bonds. The highest BCUT2D eigenvalue weighted by molar-refractivity contribution is 8.26. The molecule has 0 radical (unpaired) electrons. The van der Waals surface area contributed by atoms with Crippen LogP contribution in [-0.4, -0.2) is 44.4 Å². The molecule has 8 nitrogen and oxygen atoms in total. The number of amides is 1. The number of fused-ring (bicyclic) bond motifs is 2. The van der Waals surface area contributed by atoms with Crippen LogP contribution in [0.4, 0.5) is 5.82 Å². The maximum atomic E-state index is 13.6. The van der Waals surface area contributed by atoms with Crippen molar-refractivity contribution < 1.29 is 14.3 Å². The van der Waals surface area contributed by atoms with Gasteiger partial charge in [-0.05, 0) is 54.7 Å². The average molecular weight is 521 g/mol. The van der Waals surface area contributed by atoms with Crippen LogP contribution in [-0.2, 0) is 11.3 Å². The average Bonchev–Trinajstić information content (AvgIpc) is 3.45. The number of hydrogen-bond donors (Lipinski definition) is 0. The normalized spacial score (nSPS) is 20.7. The molecule has 1 unspecified atom stereocenters. The van der Waals surface area contributed by atoms with E-state index in [0.717, 1.165) is 31.5 Å². The van der Waals surface area contributed by atoms with E-state index in [1.54, 1.807) is 23.2 Å². The SMILES string of the molecule is CC1CCCN(c2nc3ccccn3c(=O)c2C=C2SC(=S)N(Cc3ccc4c(c3)OCO4)C2=O)C1. The van der Waals surface area contributed by atoms with Gasteiger partial charge in [0.15, 0.2) is 11.5 Å². The molecular formula is C26H24N4O4S2. The number of piperidine rings is 1. The van der Waals surface area contributed by atoms with Crippen molar-refractivity contribution in [3.63, 3.8) is 0 Å². The van der Waals surface area contributed by atoms with Crippen LogP contribution in [0, 0.1) is 5.92 Å². The molecule has 2 aromatic heterocycles. The molecular weight excluding hydrogens is 496 g/mol. The number of anilines is 1. The molecule has 3 aliphatic heterocycles. The Morgan fingerprint density at radius 2 is 2.06 bits per heavy atom. The number of carbonyl (C=O) groups is 1. The van der Waals surface area contributed by atoms with Gasteiger partial charge in [-0.1, -0.05) is 43.0 Å². The lowest BCUT2D eigenvalue weighted by Crippen LogP contribution is -2.37. The first-order valence-corrected chi connectivity index (χ1v) is 13.1. The van der Waals surface area contributed by atoms with E-state index in [9.17, 15) is 9.59 Å². The lowest BCUT2D eigenvalue weighted by atomic mass is 10.00. The largest absolute Gasteiger partial charge is 0.454 e. The summed E-state index contributed by atoms with van der Waals surface area (Å²) < 4.78 is 12.8. The number of ether oxygens (including phenoxy) is 2. The third-order valence-electron chi connectivity index (χ3n) is 6.63. The Labute approximate surface area is 217 Å². The van der Waals surface area contributed by atoms with Crippen molar-refractivity contribution in [3.8, 4) is 11.5 Å². The minimum atomic E-state index is -0.224. The summed E-state index contributed by atoms with van der Waals surface area (Å²) >= 11 is 6.76. The summed E-state index contributed by atoms with van der Waals surface area (Å²) in [6.45, 7) is 4.36. The van der Waals surface area contributed by atoms with Gasteiger partial charge in [0, 0.05) is 19.3 Å². The maximum Gasteiger partial charge on any atom is 0.267 e. The summed E-state index contributed by atoms with van der Waals surface area (Å²) in [5, 5.41) is 0. The van der Waals surface area contributed by atoms with Crippen LogP contribution in [0.15, 0.2) is 52.3 Å². The Morgan fingerprint density at radius 3 is 2.92 bits per heavy atom. The van der Waals surface area contributed by atoms with Crippen molar-refractivity contribution in [1.29, 1.82) is 0 Å². The van der Waals surface area contributed by atoms with Crippen molar-refractivity contribution >= 4 is 51.7 Å². The fourth-order valence-electron chi connectivity index (χ4n) is 4.83. The topological polar surface area (TPSA) is 76.4 Å². The van der Waals surface area contributed by atoms with Crippen LogP contribution >= 0.6 is 24.0 Å². The van der Waals surface area contributed by atoms with Gasteiger partial charge in [0.1, 0.15) is 15.8 Å². The second-order valence-corrected chi connectivity index (χ2v) is 10.9. The highest BCUT2D eigenvalue weighted by Gasteiger charge is 2.33.